The second kappa shape index (κ2) is 7.95. The van der Waals surface area contributed by atoms with E-state index in [1.165, 1.54) is 10.4 Å². The van der Waals surface area contributed by atoms with Crippen LogP contribution in [0.2, 0.25) is 5.02 Å². The Morgan fingerprint density at radius 2 is 1.83 bits per heavy atom. The molecule has 2 heterocycles. The van der Waals surface area contributed by atoms with Crippen LogP contribution in [-0.2, 0) is 17.8 Å². The summed E-state index contributed by atoms with van der Waals surface area (Å²) in [4.78, 5) is 18.2. The fraction of sp³-hybridized carbons (Fsp3) is 0.389. The van der Waals surface area contributed by atoms with Gasteiger partial charge in [-0.25, -0.2) is 0 Å². The van der Waals surface area contributed by atoms with E-state index >= 15 is 0 Å². The van der Waals surface area contributed by atoms with Crippen LogP contribution < -0.4 is 0 Å². The average molecular weight is 349 g/mol. The van der Waals surface area contributed by atoms with E-state index in [0.717, 1.165) is 44.2 Å². The minimum absolute atomic E-state index is 0.260. The molecule has 0 bridgehead atoms. The van der Waals surface area contributed by atoms with Gasteiger partial charge in [0, 0.05) is 49.0 Å². The Hall–Kier alpha value is -1.36. The van der Waals surface area contributed by atoms with Crippen molar-refractivity contribution in [3.63, 3.8) is 0 Å². The van der Waals surface area contributed by atoms with E-state index in [2.05, 4.69) is 22.4 Å². The lowest BCUT2D eigenvalue weighted by Crippen LogP contribution is -2.48. The van der Waals surface area contributed by atoms with Gasteiger partial charge in [0.1, 0.15) is 0 Å². The molecule has 2 aromatic rings. The molecular formula is C18H21ClN2OS. The highest BCUT2D eigenvalue weighted by Gasteiger charge is 2.20. The number of amides is 1. The van der Waals surface area contributed by atoms with Gasteiger partial charge in [-0.05, 0) is 35.6 Å². The maximum Gasteiger partial charge on any atom is 0.222 e. The van der Waals surface area contributed by atoms with Crippen molar-refractivity contribution < 1.29 is 4.79 Å². The normalized spacial score (nSPS) is 15.8. The average Bonchev–Trinajstić information content (AvgIpc) is 3.08. The van der Waals surface area contributed by atoms with E-state index in [0.29, 0.717) is 6.42 Å². The number of thiophene rings is 1. The number of benzene rings is 1. The summed E-state index contributed by atoms with van der Waals surface area (Å²) in [5.74, 6) is 0.260. The fourth-order valence-electron chi connectivity index (χ4n) is 2.84. The lowest BCUT2D eigenvalue weighted by atomic mass is 10.1. The molecule has 5 heteroatoms. The second-order valence-corrected chi connectivity index (χ2v) is 7.33. The molecule has 0 aliphatic carbocycles. The zero-order valence-electron chi connectivity index (χ0n) is 13.1. The van der Waals surface area contributed by atoms with Crippen LogP contribution in [0.25, 0.3) is 0 Å². The smallest absolute Gasteiger partial charge is 0.222 e. The highest BCUT2D eigenvalue weighted by Crippen LogP contribution is 2.15. The van der Waals surface area contributed by atoms with Crippen LogP contribution in [-0.4, -0.2) is 41.9 Å². The third-order valence-electron chi connectivity index (χ3n) is 4.23. The van der Waals surface area contributed by atoms with Crippen LogP contribution in [0.3, 0.4) is 0 Å². The Morgan fingerprint density at radius 3 is 2.48 bits per heavy atom. The van der Waals surface area contributed by atoms with Gasteiger partial charge in [0.15, 0.2) is 0 Å². The maximum atomic E-state index is 12.3. The number of hydrogen-bond donors (Lipinski definition) is 0. The summed E-state index contributed by atoms with van der Waals surface area (Å²) in [5, 5.41) is 2.85. The van der Waals surface area contributed by atoms with Crippen LogP contribution in [0.4, 0.5) is 0 Å². The molecule has 0 spiro atoms. The van der Waals surface area contributed by atoms with Gasteiger partial charge in [0.2, 0.25) is 5.91 Å². The number of piperazine rings is 1. The van der Waals surface area contributed by atoms with Crippen molar-refractivity contribution in [1.29, 1.82) is 0 Å². The van der Waals surface area contributed by atoms with Crippen molar-refractivity contribution in [2.24, 2.45) is 0 Å². The number of rotatable bonds is 5. The van der Waals surface area contributed by atoms with Crippen LogP contribution in [0.15, 0.2) is 41.8 Å². The minimum Gasteiger partial charge on any atom is -0.340 e. The molecule has 0 radical (unpaired) electrons. The topological polar surface area (TPSA) is 23.6 Å². The van der Waals surface area contributed by atoms with Gasteiger partial charge in [-0.3, -0.25) is 9.69 Å². The summed E-state index contributed by atoms with van der Waals surface area (Å²) in [6.07, 6.45) is 1.36. The van der Waals surface area contributed by atoms with Gasteiger partial charge in [0.25, 0.3) is 0 Å². The van der Waals surface area contributed by atoms with Gasteiger partial charge in [-0.2, -0.15) is 0 Å². The van der Waals surface area contributed by atoms with E-state index in [9.17, 15) is 4.79 Å². The van der Waals surface area contributed by atoms with E-state index in [4.69, 9.17) is 11.6 Å². The minimum atomic E-state index is 0.260. The molecular weight excluding hydrogens is 328 g/mol. The van der Waals surface area contributed by atoms with Crippen molar-refractivity contribution in [3.8, 4) is 0 Å². The van der Waals surface area contributed by atoms with E-state index in [1.807, 2.05) is 29.2 Å². The summed E-state index contributed by atoms with van der Waals surface area (Å²) in [7, 11) is 0. The third kappa shape index (κ3) is 4.80. The Bertz CT molecular complexity index is 619. The molecule has 1 fully saturated rings. The molecule has 3 nitrogen and oxygen atoms in total. The Labute approximate surface area is 146 Å². The summed E-state index contributed by atoms with van der Waals surface area (Å²) in [5.41, 5.74) is 1.17. The molecule has 122 valence electrons. The van der Waals surface area contributed by atoms with Gasteiger partial charge < -0.3 is 4.90 Å². The first kappa shape index (κ1) is 16.5. The lowest BCUT2D eigenvalue weighted by molar-refractivity contribution is -0.132. The van der Waals surface area contributed by atoms with Crippen LogP contribution in [0.1, 0.15) is 16.9 Å². The van der Waals surface area contributed by atoms with Gasteiger partial charge >= 0.3 is 0 Å². The zero-order chi connectivity index (χ0) is 16.1. The van der Waals surface area contributed by atoms with Gasteiger partial charge in [-0.1, -0.05) is 29.8 Å². The van der Waals surface area contributed by atoms with Crippen molar-refractivity contribution >= 4 is 28.8 Å². The van der Waals surface area contributed by atoms with E-state index in [1.54, 1.807) is 11.3 Å². The predicted molar refractivity (Wildman–Crippen MR) is 95.9 cm³/mol. The molecule has 3 rings (SSSR count). The van der Waals surface area contributed by atoms with Crippen LogP contribution >= 0.6 is 22.9 Å². The third-order valence-corrected chi connectivity index (χ3v) is 5.34. The summed E-state index contributed by atoms with van der Waals surface area (Å²) in [6, 6.07) is 12.0. The Kier molecular flexibility index (Phi) is 5.70. The number of carbonyl (C=O) groups is 1. The first-order valence-electron chi connectivity index (χ1n) is 7.98. The maximum absolute atomic E-state index is 12.3. The fourth-order valence-corrected chi connectivity index (χ4v) is 3.71. The lowest BCUT2D eigenvalue weighted by Gasteiger charge is -2.34. The number of halogens is 1. The monoisotopic (exact) mass is 348 g/mol. The van der Waals surface area contributed by atoms with Crippen molar-refractivity contribution in [1.82, 2.24) is 9.80 Å². The number of hydrogen-bond acceptors (Lipinski definition) is 3. The number of nitrogens with zero attached hydrogens (tertiary/aromatic N) is 2. The van der Waals surface area contributed by atoms with Crippen LogP contribution in [0.5, 0.6) is 0 Å². The van der Waals surface area contributed by atoms with E-state index < -0.39 is 0 Å². The van der Waals surface area contributed by atoms with Gasteiger partial charge in [0.05, 0.1) is 0 Å². The van der Waals surface area contributed by atoms with Gasteiger partial charge in [-0.15, -0.1) is 11.3 Å². The molecule has 23 heavy (non-hydrogen) atoms. The Morgan fingerprint density at radius 1 is 1.09 bits per heavy atom. The van der Waals surface area contributed by atoms with Crippen LogP contribution in [0, 0.1) is 0 Å². The molecule has 0 atom stereocenters. The molecule has 0 saturated carbocycles. The van der Waals surface area contributed by atoms with Crippen molar-refractivity contribution in [2.75, 3.05) is 26.2 Å². The quantitative estimate of drug-likeness (QED) is 0.823. The molecule has 0 N–H and O–H groups in total. The molecule has 1 amide bonds. The first-order valence-corrected chi connectivity index (χ1v) is 9.23. The van der Waals surface area contributed by atoms with Crippen molar-refractivity contribution in [3.05, 3.63) is 57.2 Å². The van der Waals surface area contributed by atoms with E-state index in [-0.39, 0.29) is 5.91 Å². The summed E-state index contributed by atoms with van der Waals surface area (Å²) < 4.78 is 0. The summed E-state index contributed by atoms with van der Waals surface area (Å²) >= 11 is 7.68. The SMILES string of the molecule is O=C(CCc1ccc(Cl)cc1)N1CCN(Cc2cccs2)CC1. The molecule has 1 aliphatic rings. The largest absolute Gasteiger partial charge is 0.340 e. The highest BCUT2D eigenvalue weighted by molar-refractivity contribution is 7.09. The molecule has 1 aromatic heterocycles. The number of aryl methyl sites for hydroxylation is 1. The van der Waals surface area contributed by atoms with Crippen molar-refractivity contribution in [2.45, 2.75) is 19.4 Å². The Balaban J connectivity index is 1.42. The molecule has 1 saturated heterocycles. The summed E-state index contributed by atoms with van der Waals surface area (Å²) in [6.45, 7) is 4.61. The first-order chi connectivity index (χ1) is 11.2. The molecule has 1 aliphatic heterocycles. The molecule has 0 unspecified atom stereocenters. The molecule has 1 aromatic carbocycles. The highest BCUT2D eigenvalue weighted by atomic mass is 35.5. The number of carbonyl (C=O) groups excluding carboxylic acids is 1. The predicted octanol–water partition coefficient (Wildman–Crippen LogP) is 3.68. The zero-order valence-corrected chi connectivity index (χ0v) is 14.7. The standard InChI is InChI=1S/C18H21ClN2OS/c19-16-6-3-15(4-7-16)5-8-18(22)21-11-9-20(10-12-21)14-17-2-1-13-23-17/h1-4,6-7,13H,5,8-12,14H2. The second-order valence-electron chi connectivity index (χ2n) is 5.86.